The first kappa shape index (κ1) is 11.7. The SMILES string of the molecule is C=C(OC)c1[nH]c2cc(F)c(CC)cc2c1C. The van der Waals surface area contributed by atoms with E-state index in [1.54, 1.807) is 7.11 Å². The average Bonchev–Trinajstić information content (AvgIpc) is 2.64. The summed E-state index contributed by atoms with van der Waals surface area (Å²) in [7, 11) is 1.57. The summed E-state index contributed by atoms with van der Waals surface area (Å²) in [5.41, 5.74) is 3.39. The molecule has 0 unspecified atom stereocenters. The van der Waals surface area contributed by atoms with Gasteiger partial charge in [-0.05, 0) is 36.6 Å². The second-order valence-electron chi connectivity index (χ2n) is 4.10. The average molecular weight is 233 g/mol. The molecule has 0 bridgehead atoms. The van der Waals surface area contributed by atoms with Crippen molar-refractivity contribution in [3.63, 3.8) is 0 Å². The van der Waals surface area contributed by atoms with E-state index in [0.717, 1.165) is 27.7 Å². The predicted octanol–water partition coefficient (Wildman–Crippen LogP) is 3.79. The molecule has 1 N–H and O–H groups in total. The Bertz CT molecular complexity index is 583. The van der Waals surface area contributed by atoms with Gasteiger partial charge in [0, 0.05) is 10.9 Å². The van der Waals surface area contributed by atoms with Crippen molar-refractivity contribution in [2.75, 3.05) is 7.11 Å². The van der Waals surface area contributed by atoms with Crippen LogP contribution in [0.2, 0.25) is 0 Å². The molecule has 17 heavy (non-hydrogen) atoms. The Morgan fingerprint density at radius 3 is 2.76 bits per heavy atom. The molecule has 2 nitrogen and oxygen atoms in total. The predicted molar refractivity (Wildman–Crippen MR) is 68.4 cm³/mol. The van der Waals surface area contributed by atoms with E-state index in [-0.39, 0.29) is 5.82 Å². The maximum absolute atomic E-state index is 13.7. The molecule has 0 saturated heterocycles. The first-order chi connectivity index (χ1) is 8.08. The molecule has 0 aliphatic heterocycles. The molecular weight excluding hydrogens is 217 g/mol. The Morgan fingerprint density at radius 1 is 1.47 bits per heavy atom. The fourth-order valence-electron chi connectivity index (χ4n) is 2.05. The number of nitrogens with one attached hydrogen (secondary N) is 1. The molecule has 0 spiro atoms. The molecule has 2 aromatic rings. The molecule has 1 heterocycles. The summed E-state index contributed by atoms with van der Waals surface area (Å²) in [4.78, 5) is 3.14. The van der Waals surface area contributed by atoms with Crippen molar-refractivity contribution < 1.29 is 9.13 Å². The van der Waals surface area contributed by atoms with Crippen LogP contribution in [0, 0.1) is 12.7 Å². The van der Waals surface area contributed by atoms with E-state index in [1.807, 2.05) is 19.9 Å². The Labute approximate surface area is 100 Å². The minimum absolute atomic E-state index is 0.171. The van der Waals surface area contributed by atoms with Gasteiger partial charge in [-0.3, -0.25) is 0 Å². The fraction of sp³-hybridized carbons (Fsp3) is 0.286. The molecule has 1 aromatic carbocycles. The van der Waals surface area contributed by atoms with Gasteiger partial charge in [-0.2, -0.15) is 0 Å². The number of fused-ring (bicyclic) bond motifs is 1. The number of aromatic nitrogens is 1. The first-order valence-electron chi connectivity index (χ1n) is 5.62. The lowest BCUT2D eigenvalue weighted by Crippen LogP contribution is -1.87. The van der Waals surface area contributed by atoms with Crippen LogP contribution in [0.15, 0.2) is 18.7 Å². The highest BCUT2D eigenvalue weighted by Crippen LogP contribution is 2.28. The van der Waals surface area contributed by atoms with Gasteiger partial charge in [-0.25, -0.2) is 4.39 Å². The highest BCUT2D eigenvalue weighted by molar-refractivity contribution is 5.88. The van der Waals surface area contributed by atoms with Crippen LogP contribution in [-0.2, 0) is 11.2 Å². The molecule has 0 fully saturated rings. The standard InChI is InChI=1S/C14H16FNO/c1-5-10-6-11-8(2)14(9(3)17-4)16-13(11)7-12(10)15/h6-7,16H,3,5H2,1-2,4H3. The van der Waals surface area contributed by atoms with Crippen molar-refractivity contribution in [2.45, 2.75) is 20.3 Å². The molecular formula is C14H16FNO. The third-order valence-corrected chi connectivity index (χ3v) is 3.13. The molecule has 90 valence electrons. The van der Waals surface area contributed by atoms with Gasteiger partial charge < -0.3 is 9.72 Å². The minimum atomic E-state index is -0.171. The number of ether oxygens (including phenoxy) is 1. The molecule has 2 rings (SSSR count). The maximum atomic E-state index is 13.7. The first-order valence-corrected chi connectivity index (χ1v) is 5.62. The number of aromatic amines is 1. The summed E-state index contributed by atoms with van der Waals surface area (Å²) in [5.74, 6) is 0.396. The monoisotopic (exact) mass is 233 g/mol. The molecule has 0 saturated carbocycles. The van der Waals surface area contributed by atoms with E-state index in [1.165, 1.54) is 6.07 Å². The van der Waals surface area contributed by atoms with Gasteiger partial charge in [0.15, 0.2) is 0 Å². The zero-order valence-corrected chi connectivity index (χ0v) is 10.4. The van der Waals surface area contributed by atoms with E-state index in [9.17, 15) is 4.39 Å². The third kappa shape index (κ3) is 1.82. The van der Waals surface area contributed by atoms with Crippen LogP contribution in [0.1, 0.15) is 23.7 Å². The quantitative estimate of drug-likeness (QED) is 0.801. The van der Waals surface area contributed by atoms with Crippen LogP contribution in [0.5, 0.6) is 0 Å². The largest absolute Gasteiger partial charge is 0.495 e. The van der Waals surface area contributed by atoms with Crippen LogP contribution in [0.25, 0.3) is 16.7 Å². The van der Waals surface area contributed by atoms with E-state index >= 15 is 0 Å². The van der Waals surface area contributed by atoms with E-state index in [4.69, 9.17) is 4.74 Å². The van der Waals surface area contributed by atoms with Crippen molar-refractivity contribution in [3.8, 4) is 0 Å². The Balaban J connectivity index is 2.70. The van der Waals surface area contributed by atoms with Crippen LogP contribution in [-0.4, -0.2) is 12.1 Å². The van der Waals surface area contributed by atoms with Gasteiger partial charge in [0.05, 0.1) is 12.8 Å². The van der Waals surface area contributed by atoms with Crippen molar-refractivity contribution in [3.05, 3.63) is 41.3 Å². The summed E-state index contributed by atoms with van der Waals surface area (Å²) in [6, 6.07) is 3.43. The summed E-state index contributed by atoms with van der Waals surface area (Å²) >= 11 is 0. The van der Waals surface area contributed by atoms with Gasteiger partial charge in [0.25, 0.3) is 0 Å². The van der Waals surface area contributed by atoms with Gasteiger partial charge in [-0.1, -0.05) is 13.5 Å². The van der Waals surface area contributed by atoms with Crippen LogP contribution in [0.4, 0.5) is 4.39 Å². The number of benzene rings is 1. The van der Waals surface area contributed by atoms with E-state index in [2.05, 4.69) is 11.6 Å². The molecule has 0 aliphatic rings. The number of rotatable bonds is 3. The van der Waals surface area contributed by atoms with Crippen molar-refractivity contribution in [1.29, 1.82) is 0 Å². The number of hydrogen-bond acceptors (Lipinski definition) is 1. The van der Waals surface area contributed by atoms with Crippen LogP contribution in [0.3, 0.4) is 0 Å². The van der Waals surface area contributed by atoms with Gasteiger partial charge in [0.1, 0.15) is 11.6 Å². The highest BCUT2D eigenvalue weighted by atomic mass is 19.1. The number of aryl methyl sites for hydroxylation is 2. The Hall–Kier alpha value is -1.77. The fourth-order valence-corrected chi connectivity index (χ4v) is 2.05. The molecule has 1 aromatic heterocycles. The molecule has 0 amide bonds. The summed E-state index contributed by atoms with van der Waals surface area (Å²) < 4.78 is 18.8. The molecule has 0 radical (unpaired) electrons. The van der Waals surface area contributed by atoms with E-state index < -0.39 is 0 Å². The van der Waals surface area contributed by atoms with Crippen LogP contribution >= 0.6 is 0 Å². The van der Waals surface area contributed by atoms with Crippen molar-refractivity contribution >= 4 is 16.7 Å². The molecule has 0 atom stereocenters. The van der Waals surface area contributed by atoms with Crippen molar-refractivity contribution in [1.82, 2.24) is 4.98 Å². The Morgan fingerprint density at radius 2 is 2.18 bits per heavy atom. The second-order valence-corrected chi connectivity index (χ2v) is 4.10. The lowest BCUT2D eigenvalue weighted by atomic mass is 10.1. The maximum Gasteiger partial charge on any atom is 0.135 e. The highest BCUT2D eigenvalue weighted by Gasteiger charge is 2.13. The van der Waals surface area contributed by atoms with Crippen LogP contribution < -0.4 is 0 Å². The van der Waals surface area contributed by atoms with E-state index in [0.29, 0.717) is 12.2 Å². The summed E-state index contributed by atoms with van der Waals surface area (Å²) in [6.07, 6.45) is 0.687. The number of hydrogen-bond donors (Lipinski definition) is 1. The van der Waals surface area contributed by atoms with Crippen molar-refractivity contribution in [2.24, 2.45) is 0 Å². The van der Waals surface area contributed by atoms with Gasteiger partial charge >= 0.3 is 0 Å². The molecule has 3 heteroatoms. The second kappa shape index (κ2) is 4.24. The number of H-pyrrole nitrogens is 1. The lowest BCUT2D eigenvalue weighted by Gasteiger charge is -2.02. The number of methoxy groups -OCH3 is 1. The zero-order valence-electron chi connectivity index (χ0n) is 10.4. The summed E-state index contributed by atoms with van der Waals surface area (Å²) in [6.45, 7) is 7.74. The summed E-state index contributed by atoms with van der Waals surface area (Å²) in [5, 5.41) is 1.02. The zero-order chi connectivity index (χ0) is 12.6. The lowest BCUT2D eigenvalue weighted by molar-refractivity contribution is 0.369. The van der Waals surface area contributed by atoms with Gasteiger partial charge in [0.2, 0.25) is 0 Å². The smallest absolute Gasteiger partial charge is 0.135 e. The number of halogens is 1. The molecule has 0 aliphatic carbocycles. The minimum Gasteiger partial charge on any atom is -0.495 e. The van der Waals surface area contributed by atoms with Gasteiger partial charge in [-0.15, -0.1) is 0 Å². The Kier molecular flexibility index (Phi) is 2.92. The third-order valence-electron chi connectivity index (χ3n) is 3.13. The topological polar surface area (TPSA) is 25.0 Å². The normalized spacial score (nSPS) is 10.8.